The summed E-state index contributed by atoms with van der Waals surface area (Å²) in [6.07, 6.45) is 3.55. The number of para-hydroxylation sites is 1. The van der Waals surface area contributed by atoms with Crippen LogP contribution < -0.4 is 14.8 Å². The summed E-state index contributed by atoms with van der Waals surface area (Å²) in [7, 11) is 1.68. The van der Waals surface area contributed by atoms with Gasteiger partial charge in [0, 0.05) is 5.92 Å². The van der Waals surface area contributed by atoms with Crippen LogP contribution in [-0.2, 0) is 18.4 Å². The molecule has 138 valence electrons. The van der Waals surface area contributed by atoms with Gasteiger partial charge in [-0.2, -0.15) is 0 Å². The maximum absolute atomic E-state index is 10.8. The Morgan fingerprint density at radius 1 is 1.15 bits per heavy atom. The highest BCUT2D eigenvalue weighted by atomic mass is 16.5. The number of benzene rings is 2. The van der Waals surface area contributed by atoms with Gasteiger partial charge < -0.3 is 19.9 Å². The Morgan fingerprint density at radius 3 is 2.65 bits per heavy atom. The Morgan fingerprint density at radius 2 is 1.92 bits per heavy atom. The molecule has 0 aromatic heterocycles. The zero-order valence-corrected chi connectivity index (χ0v) is 15.3. The van der Waals surface area contributed by atoms with Crippen molar-refractivity contribution in [2.75, 3.05) is 26.8 Å². The van der Waals surface area contributed by atoms with E-state index in [0.717, 1.165) is 55.8 Å². The standard InChI is InChI=1S/C22H27NO3/c1-25-20-4-2-3-18-14-17(15-26-21(18)20)13-16-5-7-19(8-6-16)22(24)9-11-23-12-10-22/h2-8,17,23-24H,9-15H2,1H3/t17-/m1/s1. The highest BCUT2D eigenvalue weighted by molar-refractivity contribution is 5.47. The molecule has 0 bridgehead atoms. The molecule has 0 saturated carbocycles. The maximum Gasteiger partial charge on any atom is 0.164 e. The zero-order chi connectivity index (χ0) is 18.0. The number of methoxy groups -OCH3 is 1. The number of aliphatic hydroxyl groups is 1. The first-order chi connectivity index (χ1) is 12.7. The van der Waals surface area contributed by atoms with Crippen molar-refractivity contribution in [1.82, 2.24) is 5.32 Å². The molecule has 1 saturated heterocycles. The molecule has 0 unspecified atom stereocenters. The summed E-state index contributed by atoms with van der Waals surface area (Å²) in [5.74, 6) is 2.18. The third kappa shape index (κ3) is 3.44. The zero-order valence-electron chi connectivity index (χ0n) is 15.3. The number of hydrogen-bond donors (Lipinski definition) is 2. The molecule has 2 aliphatic heterocycles. The quantitative estimate of drug-likeness (QED) is 0.887. The van der Waals surface area contributed by atoms with Gasteiger partial charge in [0.05, 0.1) is 19.3 Å². The lowest BCUT2D eigenvalue weighted by molar-refractivity contribution is 0.00592. The van der Waals surface area contributed by atoms with Gasteiger partial charge in [0.2, 0.25) is 0 Å². The van der Waals surface area contributed by atoms with Crippen molar-refractivity contribution in [3.63, 3.8) is 0 Å². The third-order valence-corrected chi connectivity index (χ3v) is 5.70. The Hall–Kier alpha value is -2.04. The fourth-order valence-electron chi connectivity index (χ4n) is 4.16. The second-order valence-electron chi connectivity index (χ2n) is 7.51. The molecule has 2 aliphatic rings. The molecule has 0 amide bonds. The van der Waals surface area contributed by atoms with E-state index in [1.807, 2.05) is 12.1 Å². The Balaban J connectivity index is 1.43. The molecule has 4 nitrogen and oxygen atoms in total. The van der Waals surface area contributed by atoms with Crippen LogP contribution in [0.2, 0.25) is 0 Å². The van der Waals surface area contributed by atoms with Gasteiger partial charge in [-0.1, -0.05) is 36.4 Å². The molecule has 1 fully saturated rings. The number of piperidine rings is 1. The van der Waals surface area contributed by atoms with Gasteiger partial charge in [-0.3, -0.25) is 0 Å². The van der Waals surface area contributed by atoms with Crippen LogP contribution in [0.1, 0.15) is 29.5 Å². The number of nitrogens with one attached hydrogen (secondary N) is 1. The average Bonchev–Trinajstić information content (AvgIpc) is 2.68. The lowest BCUT2D eigenvalue weighted by Crippen LogP contribution is -2.39. The van der Waals surface area contributed by atoms with E-state index >= 15 is 0 Å². The van der Waals surface area contributed by atoms with E-state index in [1.165, 1.54) is 11.1 Å². The maximum atomic E-state index is 10.8. The number of ether oxygens (including phenoxy) is 2. The monoisotopic (exact) mass is 353 g/mol. The van der Waals surface area contributed by atoms with Crippen LogP contribution >= 0.6 is 0 Å². The van der Waals surface area contributed by atoms with Crippen LogP contribution in [0.25, 0.3) is 0 Å². The smallest absolute Gasteiger partial charge is 0.164 e. The van der Waals surface area contributed by atoms with Crippen molar-refractivity contribution in [2.24, 2.45) is 5.92 Å². The minimum absolute atomic E-state index is 0.461. The summed E-state index contributed by atoms with van der Waals surface area (Å²) in [6.45, 7) is 2.46. The highest BCUT2D eigenvalue weighted by Gasteiger charge is 2.31. The van der Waals surface area contributed by atoms with Crippen molar-refractivity contribution in [3.8, 4) is 11.5 Å². The first kappa shape index (κ1) is 17.4. The van der Waals surface area contributed by atoms with Crippen molar-refractivity contribution in [3.05, 3.63) is 59.2 Å². The summed E-state index contributed by atoms with van der Waals surface area (Å²) in [5.41, 5.74) is 2.89. The SMILES string of the molecule is COc1cccc2c1OC[C@H](Cc1ccc(C3(O)CCNCC3)cc1)C2. The third-order valence-electron chi connectivity index (χ3n) is 5.70. The van der Waals surface area contributed by atoms with Crippen molar-refractivity contribution in [1.29, 1.82) is 0 Å². The van der Waals surface area contributed by atoms with Crippen LogP contribution in [0, 0.1) is 5.92 Å². The Kier molecular flexibility index (Phi) is 4.88. The molecule has 4 heteroatoms. The Labute approximate surface area is 155 Å². The number of fused-ring (bicyclic) bond motifs is 1. The van der Waals surface area contributed by atoms with E-state index in [1.54, 1.807) is 7.11 Å². The molecule has 1 atom stereocenters. The molecule has 2 N–H and O–H groups in total. The molecule has 2 heterocycles. The number of hydrogen-bond acceptors (Lipinski definition) is 4. The van der Waals surface area contributed by atoms with Gasteiger partial charge in [-0.15, -0.1) is 0 Å². The number of rotatable bonds is 4. The van der Waals surface area contributed by atoms with Crippen LogP contribution in [0.3, 0.4) is 0 Å². The van der Waals surface area contributed by atoms with Crippen molar-refractivity contribution < 1.29 is 14.6 Å². The fourth-order valence-corrected chi connectivity index (χ4v) is 4.16. The fraction of sp³-hybridized carbons (Fsp3) is 0.455. The molecular formula is C22H27NO3. The predicted molar refractivity (Wildman–Crippen MR) is 102 cm³/mol. The molecule has 26 heavy (non-hydrogen) atoms. The first-order valence-electron chi connectivity index (χ1n) is 9.49. The molecule has 0 radical (unpaired) electrons. The van der Waals surface area contributed by atoms with E-state index in [0.29, 0.717) is 12.5 Å². The van der Waals surface area contributed by atoms with Gasteiger partial charge in [0.1, 0.15) is 0 Å². The molecule has 4 rings (SSSR count). The minimum Gasteiger partial charge on any atom is -0.493 e. The van der Waals surface area contributed by atoms with Crippen LogP contribution in [0.4, 0.5) is 0 Å². The van der Waals surface area contributed by atoms with Gasteiger partial charge in [-0.25, -0.2) is 0 Å². The van der Waals surface area contributed by atoms with E-state index in [9.17, 15) is 5.11 Å². The van der Waals surface area contributed by atoms with E-state index in [4.69, 9.17) is 9.47 Å². The lowest BCUT2D eigenvalue weighted by Gasteiger charge is -2.33. The predicted octanol–water partition coefficient (Wildman–Crippen LogP) is 3.06. The summed E-state index contributed by atoms with van der Waals surface area (Å²) >= 11 is 0. The van der Waals surface area contributed by atoms with Crippen LogP contribution in [-0.4, -0.2) is 31.9 Å². The van der Waals surface area contributed by atoms with E-state index < -0.39 is 5.60 Å². The van der Waals surface area contributed by atoms with Gasteiger partial charge >= 0.3 is 0 Å². The van der Waals surface area contributed by atoms with E-state index in [2.05, 4.69) is 35.6 Å². The van der Waals surface area contributed by atoms with Gasteiger partial charge in [-0.05, 0) is 61.5 Å². The molecule has 0 aliphatic carbocycles. The summed E-state index contributed by atoms with van der Waals surface area (Å²) in [4.78, 5) is 0. The van der Waals surface area contributed by atoms with Crippen molar-refractivity contribution >= 4 is 0 Å². The average molecular weight is 353 g/mol. The minimum atomic E-state index is -0.673. The highest BCUT2D eigenvalue weighted by Crippen LogP contribution is 2.37. The van der Waals surface area contributed by atoms with Crippen LogP contribution in [0.5, 0.6) is 11.5 Å². The summed E-state index contributed by atoms with van der Waals surface area (Å²) in [6, 6.07) is 14.6. The lowest BCUT2D eigenvalue weighted by atomic mass is 9.84. The second-order valence-corrected chi connectivity index (χ2v) is 7.51. The molecule has 2 aromatic carbocycles. The van der Waals surface area contributed by atoms with Crippen LogP contribution in [0.15, 0.2) is 42.5 Å². The Bertz CT molecular complexity index is 750. The summed E-state index contributed by atoms with van der Waals surface area (Å²) in [5, 5.41) is 14.2. The van der Waals surface area contributed by atoms with Crippen molar-refractivity contribution in [2.45, 2.75) is 31.3 Å². The normalized spacial score (nSPS) is 21.5. The molecular weight excluding hydrogens is 326 g/mol. The van der Waals surface area contributed by atoms with E-state index in [-0.39, 0.29) is 0 Å². The largest absolute Gasteiger partial charge is 0.493 e. The molecule has 0 spiro atoms. The van der Waals surface area contributed by atoms with Gasteiger partial charge in [0.25, 0.3) is 0 Å². The van der Waals surface area contributed by atoms with Gasteiger partial charge in [0.15, 0.2) is 11.5 Å². The topological polar surface area (TPSA) is 50.7 Å². The summed E-state index contributed by atoms with van der Waals surface area (Å²) < 4.78 is 11.4. The first-order valence-corrected chi connectivity index (χ1v) is 9.49. The molecule has 2 aromatic rings. The second kappa shape index (κ2) is 7.29.